The highest BCUT2D eigenvalue weighted by Crippen LogP contribution is 2.32. The largest absolute Gasteiger partial charge is 0.494 e. The maximum Gasteiger partial charge on any atom is 0.222 e. The molecule has 1 amide bonds. The van der Waals surface area contributed by atoms with E-state index in [1.54, 1.807) is 12.5 Å². The molecule has 0 spiro atoms. The van der Waals surface area contributed by atoms with Gasteiger partial charge in [0.15, 0.2) is 5.88 Å². The second-order valence-corrected chi connectivity index (χ2v) is 9.65. The normalized spacial score (nSPS) is 14.4. The summed E-state index contributed by atoms with van der Waals surface area (Å²) in [5.41, 5.74) is 7.02. The number of fused-ring (bicyclic) bond motifs is 1. The number of carbonyl (C=O) groups is 1. The van der Waals surface area contributed by atoms with Gasteiger partial charge in [0, 0.05) is 36.0 Å². The smallest absolute Gasteiger partial charge is 0.222 e. The Labute approximate surface area is 220 Å². The standard InChI is InChI=1S/C31H29N5O2/c37-28-7-3-4-17-36(28)18-16-21-8-10-23(11-9-21)30(29-25-5-1-2-6-26(25)35-31(29)38)34-24-14-12-22(13-15-24)27-19-32-20-33-27/h1-2,5-6,8-15,19-20,35,38H,3-4,7,16-18H2,(H,32,33). The van der Waals surface area contributed by atoms with Gasteiger partial charge in [-0.3, -0.25) is 4.79 Å². The molecule has 1 saturated heterocycles. The number of nitrogens with zero attached hydrogens (tertiary/aromatic N) is 3. The van der Waals surface area contributed by atoms with Crippen LogP contribution in [0.3, 0.4) is 0 Å². The number of aliphatic imine (C=N–C) groups is 1. The first kappa shape index (κ1) is 23.7. The first-order chi connectivity index (χ1) is 18.7. The van der Waals surface area contributed by atoms with Gasteiger partial charge in [-0.1, -0.05) is 54.6 Å². The van der Waals surface area contributed by atoms with Gasteiger partial charge in [-0.2, -0.15) is 0 Å². The number of para-hydroxylation sites is 1. The highest BCUT2D eigenvalue weighted by molar-refractivity contribution is 6.21. The topological polar surface area (TPSA) is 97.4 Å². The number of hydrogen-bond acceptors (Lipinski definition) is 4. The molecule has 7 heteroatoms. The molecule has 3 aromatic carbocycles. The van der Waals surface area contributed by atoms with Crippen LogP contribution in [0.1, 0.15) is 36.0 Å². The van der Waals surface area contributed by atoms with Gasteiger partial charge in [0.05, 0.1) is 35.2 Å². The van der Waals surface area contributed by atoms with Crippen LogP contribution in [0.4, 0.5) is 5.69 Å². The Morgan fingerprint density at radius 3 is 2.58 bits per heavy atom. The fourth-order valence-corrected chi connectivity index (χ4v) is 5.08. The maximum atomic E-state index is 12.2. The van der Waals surface area contributed by atoms with E-state index >= 15 is 0 Å². The zero-order chi connectivity index (χ0) is 25.9. The Balaban J connectivity index is 1.34. The second kappa shape index (κ2) is 10.4. The molecule has 0 bridgehead atoms. The van der Waals surface area contributed by atoms with Crippen LogP contribution >= 0.6 is 0 Å². The Hall–Kier alpha value is -4.65. The minimum absolute atomic E-state index is 0.0896. The molecule has 0 unspecified atom stereocenters. The van der Waals surface area contributed by atoms with E-state index in [-0.39, 0.29) is 11.8 Å². The van der Waals surface area contributed by atoms with Crippen LogP contribution in [0.25, 0.3) is 22.2 Å². The molecular formula is C31H29N5O2. The van der Waals surface area contributed by atoms with Gasteiger partial charge in [0.1, 0.15) is 0 Å². The number of hydrogen-bond donors (Lipinski definition) is 3. The fraction of sp³-hybridized carbons (Fsp3) is 0.194. The first-order valence-electron chi connectivity index (χ1n) is 13.0. The number of piperidine rings is 1. The van der Waals surface area contributed by atoms with Gasteiger partial charge in [0.25, 0.3) is 0 Å². The number of likely N-dealkylation sites (tertiary alicyclic amines) is 1. The van der Waals surface area contributed by atoms with Crippen LogP contribution in [-0.2, 0) is 11.2 Å². The molecular weight excluding hydrogens is 474 g/mol. The molecule has 1 aliphatic rings. The van der Waals surface area contributed by atoms with Crippen molar-refractivity contribution < 1.29 is 9.90 Å². The average molecular weight is 504 g/mol. The molecule has 0 radical (unpaired) electrons. The zero-order valence-electron chi connectivity index (χ0n) is 21.0. The van der Waals surface area contributed by atoms with Crippen LogP contribution in [0, 0.1) is 0 Å². The number of aromatic nitrogens is 3. The van der Waals surface area contributed by atoms with Crippen molar-refractivity contribution in [3.63, 3.8) is 0 Å². The van der Waals surface area contributed by atoms with Gasteiger partial charge in [-0.05, 0) is 48.6 Å². The molecule has 1 aliphatic heterocycles. The predicted octanol–water partition coefficient (Wildman–Crippen LogP) is 5.99. The summed E-state index contributed by atoms with van der Waals surface area (Å²) >= 11 is 0. The second-order valence-electron chi connectivity index (χ2n) is 9.65. The predicted molar refractivity (Wildman–Crippen MR) is 150 cm³/mol. The van der Waals surface area contributed by atoms with Crippen molar-refractivity contribution >= 4 is 28.2 Å². The number of H-pyrrole nitrogens is 2. The lowest BCUT2D eigenvalue weighted by Crippen LogP contribution is -2.36. The lowest BCUT2D eigenvalue weighted by Gasteiger charge is -2.26. The molecule has 2 aromatic heterocycles. The van der Waals surface area contributed by atoms with E-state index in [9.17, 15) is 9.90 Å². The zero-order valence-corrected chi connectivity index (χ0v) is 21.0. The summed E-state index contributed by atoms with van der Waals surface area (Å²) in [6, 6.07) is 24.0. The van der Waals surface area contributed by atoms with Gasteiger partial charge in [-0.15, -0.1) is 0 Å². The minimum Gasteiger partial charge on any atom is -0.494 e. The third-order valence-corrected chi connectivity index (χ3v) is 7.16. The van der Waals surface area contributed by atoms with Crippen molar-refractivity contribution in [1.29, 1.82) is 0 Å². The SMILES string of the molecule is O=C1CCCCN1CCc1ccc(C(=Nc2ccc(-c3cnc[nH]3)cc2)c2c(O)[nH]c3ccccc23)cc1. The Morgan fingerprint density at radius 1 is 1.00 bits per heavy atom. The molecule has 38 heavy (non-hydrogen) atoms. The van der Waals surface area contributed by atoms with Gasteiger partial charge in [0.2, 0.25) is 5.91 Å². The molecule has 0 saturated carbocycles. The van der Waals surface area contributed by atoms with E-state index in [1.807, 2.05) is 65.6 Å². The molecule has 5 aromatic rings. The molecule has 0 aliphatic carbocycles. The number of carbonyl (C=O) groups excluding carboxylic acids is 1. The number of amides is 1. The molecule has 7 nitrogen and oxygen atoms in total. The van der Waals surface area contributed by atoms with Crippen molar-refractivity contribution in [3.05, 3.63) is 102 Å². The number of aromatic hydroxyl groups is 1. The van der Waals surface area contributed by atoms with Crippen molar-refractivity contribution in [2.75, 3.05) is 13.1 Å². The number of nitrogens with one attached hydrogen (secondary N) is 2. The monoisotopic (exact) mass is 503 g/mol. The number of imidazole rings is 1. The van der Waals surface area contributed by atoms with Crippen LogP contribution in [0.2, 0.25) is 0 Å². The average Bonchev–Trinajstić information content (AvgIpc) is 3.60. The molecule has 0 atom stereocenters. The lowest BCUT2D eigenvalue weighted by atomic mass is 9.98. The van der Waals surface area contributed by atoms with Crippen molar-refractivity contribution in [2.45, 2.75) is 25.7 Å². The molecule has 190 valence electrons. The van der Waals surface area contributed by atoms with Crippen molar-refractivity contribution in [3.8, 4) is 17.1 Å². The fourth-order valence-electron chi connectivity index (χ4n) is 5.08. The van der Waals surface area contributed by atoms with E-state index < -0.39 is 0 Å². The van der Waals surface area contributed by atoms with Crippen molar-refractivity contribution in [2.24, 2.45) is 4.99 Å². The quantitative estimate of drug-likeness (QED) is 0.238. The summed E-state index contributed by atoms with van der Waals surface area (Å²) in [7, 11) is 0. The van der Waals surface area contributed by atoms with Crippen LogP contribution < -0.4 is 0 Å². The first-order valence-corrected chi connectivity index (χ1v) is 13.0. The van der Waals surface area contributed by atoms with E-state index in [0.29, 0.717) is 17.7 Å². The highest BCUT2D eigenvalue weighted by Gasteiger charge is 2.20. The van der Waals surface area contributed by atoms with Gasteiger partial charge >= 0.3 is 0 Å². The third-order valence-electron chi connectivity index (χ3n) is 7.16. The summed E-state index contributed by atoms with van der Waals surface area (Å²) in [4.78, 5) is 29.5. The number of aromatic amines is 2. The summed E-state index contributed by atoms with van der Waals surface area (Å²) in [5, 5.41) is 11.8. The highest BCUT2D eigenvalue weighted by atomic mass is 16.3. The Kier molecular flexibility index (Phi) is 6.48. The van der Waals surface area contributed by atoms with E-state index in [2.05, 4.69) is 27.1 Å². The molecule has 6 rings (SSSR count). The van der Waals surface area contributed by atoms with Crippen LogP contribution in [-0.4, -0.2) is 49.7 Å². The number of rotatable bonds is 7. The minimum atomic E-state index is 0.0896. The molecule has 3 heterocycles. The molecule has 1 fully saturated rings. The lowest BCUT2D eigenvalue weighted by molar-refractivity contribution is -0.133. The summed E-state index contributed by atoms with van der Waals surface area (Å²) in [5.74, 6) is 0.349. The Bertz CT molecular complexity index is 1580. The summed E-state index contributed by atoms with van der Waals surface area (Å²) < 4.78 is 0. The summed E-state index contributed by atoms with van der Waals surface area (Å²) in [6.07, 6.45) is 7.01. The Morgan fingerprint density at radius 2 is 1.82 bits per heavy atom. The van der Waals surface area contributed by atoms with E-state index in [1.165, 1.54) is 5.56 Å². The number of benzene rings is 3. The van der Waals surface area contributed by atoms with Crippen LogP contribution in [0.5, 0.6) is 5.88 Å². The third kappa shape index (κ3) is 4.83. The maximum absolute atomic E-state index is 12.2. The van der Waals surface area contributed by atoms with Crippen molar-refractivity contribution in [1.82, 2.24) is 19.9 Å². The van der Waals surface area contributed by atoms with E-state index in [0.717, 1.165) is 65.8 Å². The molecule has 3 N–H and O–H groups in total. The van der Waals surface area contributed by atoms with Crippen LogP contribution in [0.15, 0.2) is 90.3 Å². The van der Waals surface area contributed by atoms with Gasteiger partial charge in [-0.25, -0.2) is 9.98 Å². The summed E-state index contributed by atoms with van der Waals surface area (Å²) in [6.45, 7) is 1.60. The van der Waals surface area contributed by atoms with E-state index in [4.69, 9.17) is 4.99 Å². The van der Waals surface area contributed by atoms with Gasteiger partial charge < -0.3 is 20.0 Å².